The van der Waals surface area contributed by atoms with Crippen LogP contribution in [0.5, 0.6) is 5.75 Å². The highest BCUT2D eigenvalue weighted by Gasteiger charge is 2.11. The molecule has 0 saturated carbocycles. The highest BCUT2D eigenvalue weighted by atomic mass is 79.9. The van der Waals surface area contributed by atoms with Crippen molar-refractivity contribution in [2.75, 3.05) is 12.8 Å². The summed E-state index contributed by atoms with van der Waals surface area (Å²) >= 11 is 3.38. The first kappa shape index (κ1) is 12.0. The fourth-order valence-electron chi connectivity index (χ4n) is 1.91. The molecule has 0 radical (unpaired) electrons. The molecule has 3 rings (SSSR count). The molecular formula is C13H11BrN4O. The SMILES string of the molecule is COc1cc(N)ccc1-c1nc2ncc(Br)cc2[nH]1. The van der Waals surface area contributed by atoms with Crippen LogP contribution < -0.4 is 10.5 Å². The van der Waals surface area contributed by atoms with Gasteiger partial charge in [0.2, 0.25) is 0 Å². The van der Waals surface area contributed by atoms with Crippen molar-refractivity contribution in [2.24, 2.45) is 0 Å². The number of rotatable bonds is 2. The predicted molar refractivity (Wildman–Crippen MR) is 78.0 cm³/mol. The van der Waals surface area contributed by atoms with E-state index >= 15 is 0 Å². The van der Waals surface area contributed by atoms with E-state index in [1.807, 2.05) is 18.2 Å². The summed E-state index contributed by atoms with van der Waals surface area (Å²) in [6, 6.07) is 7.39. The predicted octanol–water partition coefficient (Wildman–Crippen LogP) is 2.98. The van der Waals surface area contributed by atoms with Gasteiger partial charge in [-0.2, -0.15) is 0 Å². The van der Waals surface area contributed by atoms with Gasteiger partial charge in [-0.3, -0.25) is 0 Å². The van der Waals surface area contributed by atoms with Gasteiger partial charge < -0.3 is 15.5 Å². The minimum absolute atomic E-state index is 0.651. The molecule has 3 N–H and O–H groups in total. The van der Waals surface area contributed by atoms with Crippen LogP contribution in [0.25, 0.3) is 22.6 Å². The number of aromatic nitrogens is 3. The number of H-pyrrole nitrogens is 1. The lowest BCUT2D eigenvalue weighted by molar-refractivity contribution is 0.416. The molecule has 0 fully saturated rings. The number of nitrogens with two attached hydrogens (primary N) is 1. The van der Waals surface area contributed by atoms with Gasteiger partial charge in [0.1, 0.15) is 11.6 Å². The first-order valence-electron chi connectivity index (χ1n) is 5.62. The monoisotopic (exact) mass is 318 g/mol. The van der Waals surface area contributed by atoms with E-state index < -0.39 is 0 Å². The molecule has 0 aliphatic rings. The van der Waals surface area contributed by atoms with Crippen LogP contribution in [-0.4, -0.2) is 22.1 Å². The van der Waals surface area contributed by atoms with E-state index in [0.29, 0.717) is 22.9 Å². The molecule has 0 unspecified atom stereocenters. The number of nitrogen functional groups attached to an aromatic ring is 1. The number of pyridine rings is 1. The molecule has 5 nitrogen and oxygen atoms in total. The van der Waals surface area contributed by atoms with Crippen molar-refractivity contribution < 1.29 is 4.74 Å². The quantitative estimate of drug-likeness (QED) is 0.712. The van der Waals surface area contributed by atoms with Crippen LogP contribution in [0.15, 0.2) is 34.9 Å². The van der Waals surface area contributed by atoms with Gasteiger partial charge in [-0.25, -0.2) is 9.97 Å². The summed E-state index contributed by atoms with van der Waals surface area (Å²) in [4.78, 5) is 11.9. The van der Waals surface area contributed by atoms with Crippen LogP contribution >= 0.6 is 15.9 Å². The standard InChI is InChI=1S/C13H11BrN4O/c1-19-11-5-8(15)2-3-9(11)12-17-10-4-7(14)6-16-13(10)18-12/h2-6H,15H2,1H3,(H,16,17,18). The normalized spacial score (nSPS) is 10.8. The van der Waals surface area contributed by atoms with Gasteiger partial charge in [-0.05, 0) is 34.1 Å². The summed E-state index contributed by atoms with van der Waals surface area (Å²) < 4.78 is 6.23. The number of hydrogen-bond donors (Lipinski definition) is 2. The van der Waals surface area contributed by atoms with E-state index in [1.54, 1.807) is 19.4 Å². The molecule has 19 heavy (non-hydrogen) atoms. The number of fused-ring (bicyclic) bond motifs is 1. The lowest BCUT2D eigenvalue weighted by Crippen LogP contribution is -1.92. The Morgan fingerprint density at radius 3 is 2.95 bits per heavy atom. The number of hydrogen-bond acceptors (Lipinski definition) is 4. The highest BCUT2D eigenvalue weighted by molar-refractivity contribution is 9.10. The molecule has 2 heterocycles. The number of halogens is 1. The Morgan fingerprint density at radius 1 is 1.32 bits per heavy atom. The van der Waals surface area contributed by atoms with Crippen molar-refractivity contribution in [1.29, 1.82) is 0 Å². The number of imidazole rings is 1. The smallest absolute Gasteiger partial charge is 0.178 e. The zero-order chi connectivity index (χ0) is 13.4. The summed E-state index contributed by atoms with van der Waals surface area (Å²) in [7, 11) is 1.61. The van der Waals surface area contributed by atoms with Crippen LogP contribution in [0, 0.1) is 0 Å². The van der Waals surface area contributed by atoms with Crippen LogP contribution in [0.4, 0.5) is 5.69 Å². The lowest BCUT2D eigenvalue weighted by atomic mass is 10.1. The van der Waals surface area contributed by atoms with E-state index in [1.165, 1.54) is 0 Å². The minimum Gasteiger partial charge on any atom is -0.496 e. The summed E-state index contributed by atoms with van der Waals surface area (Å²) in [6.07, 6.45) is 1.72. The fraction of sp³-hybridized carbons (Fsp3) is 0.0769. The van der Waals surface area contributed by atoms with Crippen molar-refractivity contribution in [3.05, 3.63) is 34.9 Å². The average molecular weight is 319 g/mol. The third-order valence-corrected chi connectivity index (χ3v) is 3.22. The van der Waals surface area contributed by atoms with E-state index in [-0.39, 0.29) is 0 Å². The second-order valence-corrected chi connectivity index (χ2v) is 4.99. The Kier molecular flexibility index (Phi) is 2.87. The summed E-state index contributed by atoms with van der Waals surface area (Å²) in [6.45, 7) is 0. The molecule has 0 spiro atoms. The Bertz CT molecular complexity index is 753. The molecule has 6 heteroatoms. The minimum atomic E-state index is 0.651. The van der Waals surface area contributed by atoms with Crippen molar-refractivity contribution in [3.63, 3.8) is 0 Å². The Labute approximate surface area is 118 Å². The second kappa shape index (κ2) is 4.55. The number of nitrogens with one attached hydrogen (secondary N) is 1. The van der Waals surface area contributed by atoms with Crippen LogP contribution in [-0.2, 0) is 0 Å². The molecule has 96 valence electrons. The summed E-state index contributed by atoms with van der Waals surface area (Å²) in [5.41, 5.74) is 8.78. The maximum absolute atomic E-state index is 5.75. The van der Waals surface area contributed by atoms with Gasteiger partial charge >= 0.3 is 0 Å². The van der Waals surface area contributed by atoms with E-state index in [4.69, 9.17) is 10.5 Å². The molecule has 0 aliphatic heterocycles. The van der Waals surface area contributed by atoms with E-state index in [9.17, 15) is 0 Å². The van der Waals surface area contributed by atoms with Crippen molar-refractivity contribution in [1.82, 2.24) is 15.0 Å². The fourth-order valence-corrected chi connectivity index (χ4v) is 2.24. The first-order chi connectivity index (χ1) is 9.17. The number of anilines is 1. The zero-order valence-electron chi connectivity index (χ0n) is 10.1. The molecule has 0 amide bonds. The van der Waals surface area contributed by atoms with Gasteiger partial charge in [0.15, 0.2) is 5.65 Å². The molecule has 3 aromatic rings. The van der Waals surface area contributed by atoms with Gasteiger partial charge in [0.25, 0.3) is 0 Å². The number of nitrogens with zero attached hydrogens (tertiary/aromatic N) is 2. The molecular weight excluding hydrogens is 308 g/mol. The number of methoxy groups -OCH3 is 1. The average Bonchev–Trinajstić information content (AvgIpc) is 2.81. The third kappa shape index (κ3) is 2.15. The van der Waals surface area contributed by atoms with Crippen molar-refractivity contribution in [3.8, 4) is 17.1 Å². The maximum atomic E-state index is 5.75. The molecule has 2 aromatic heterocycles. The largest absolute Gasteiger partial charge is 0.496 e. The van der Waals surface area contributed by atoms with Gasteiger partial charge in [0.05, 0.1) is 18.2 Å². The van der Waals surface area contributed by atoms with Crippen LogP contribution in [0.2, 0.25) is 0 Å². The highest BCUT2D eigenvalue weighted by Crippen LogP contribution is 2.31. The van der Waals surface area contributed by atoms with Crippen LogP contribution in [0.3, 0.4) is 0 Å². The topological polar surface area (TPSA) is 76.8 Å². The molecule has 0 bridgehead atoms. The summed E-state index contributed by atoms with van der Waals surface area (Å²) in [5.74, 6) is 1.38. The van der Waals surface area contributed by atoms with E-state index in [2.05, 4.69) is 30.9 Å². The summed E-state index contributed by atoms with van der Waals surface area (Å²) in [5, 5.41) is 0. The number of aromatic amines is 1. The molecule has 0 saturated heterocycles. The van der Waals surface area contributed by atoms with Crippen molar-refractivity contribution in [2.45, 2.75) is 0 Å². The molecule has 1 aromatic carbocycles. The Hall–Kier alpha value is -2.08. The third-order valence-electron chi connectivity index (χ3n) is 2.78. The Balaban J connectivity index is 2.18. The van der Waals surface area contributed by atoms with Crippen LogP contribution in [0.1, 0.15) is 0 Å². The maximum Gasteiger partial charge on any atom is 0.178 e. The molecule has 0 aliphatic carbocycles. The van der Waals surface area contributed by atoms with Crippen molar-refractivity contribution >= 4 is 32.8 Å². The van der Waals surface area contributed by atoms with Gasteiger partial charge in [0, 0.05) is 22.4 Å². The lowest BCUT2D eigenvalue weighted by Gasteiger charge is -2.06. The number of ether oxygens (including phenoxy) is 1. The van der Waals surface area contributed by atoms with Gasteiger partial charge in [-0.15, -0.1) is 0 Å². The first-order valence-corrected chi connectivity index (χ1v) is 6.42. The molecule has 0 atom stereocenters. The van der Waals surface area contributed by atoms with E-state index in [0.717, 1.165) is 15.6 Å². The second-order valence-electron chi connectivity index (χ2n) is 4.07. The Morgan fingerprint density at radius 2 is 2.16 bits per heavy atom. The number of benzene rings is 1. The van der Waals surface area contributed by atoms with Gasteiger partial charge in [-0.1, -0.05) is 0 Å². The zero-order valence-corrected chi connectivity index (χ0v) is 11.7.